The molecule has 6 nitrogen and oxygen atoms in total. The lowest BCUT2D eigenvalue weighted by Gasteiger charge is -2.41. The van der Waals surface area contributed by atoms with Crippen LogP contribution in [-0.4, -0.2) is 80.4 Å². The normalized spacial score (nSPS) is 19.5. The monoisotopic (exact) mass is 380 g/mol. The van der Waals surface area contributed by atoms with Crippen LogP contribution < -0.4 is 10.2 Å². The van der Waals surface area contributed by atoms with Crippen molar-refractivity contribution in [1.82, 2.24) is 15.1 Å². The largest absolute Gasteiger partial charge is 0.379 e. The molecule has 1 N–H and O–H groups in total. The molecule has 3 rings (SSSR count). The van der Waals surface area contributed by atoms with Gasteiger partial charge in [-0.1, -0.05) is 17.7 Å². The molecule has 1 aromatic rings. The molecule has 2 aliphatic heterocycles. The summed E-state index contributed by atoms with van der Waals surface area (Å²) < 4.78 is 5.42. The van der Waals surface area contributed by atoms with Gasteiger partial charge < -0.3 is 19.9 Å². The standard InChI is InChI=1S/C19H29ClN4O2/c1-19(2,24-10-12-26-13-11-24)15-21-18(25)23-8-6-22(7-9-23)17-5-3-4-16(20)14-17/h3-5,14H,6-13,15H2,1-2H3,(H,21,25). The Morgan fingerprint density at radius 1 is 1.15 bits per heavy atom. The van der Waals surface area contributed by atoms with Gasteiger partial charge in [0.2, 0.25) is 0 Å². The Kier molecular flexibility index (Phi) is 6.27. The number of carbonyl (C=O) groups excluding carboxylic acids is 1. The van der Waals surface area contributed by atoms with Crippen molar-refractivity contribution in [3.8, 4) is 0 Å². The van der Waals surface area contributed by atoms with Gasteiger partial charge in [0.15, 0.2) is 0 Å². The molecule has 0 spiro atoms. The van der Waals surface area contributed by atoms with Crippen LogP contribution >= 0.6 is 11.6 Å². The van der Waals surface area contributed by atoms with Gasteiger partial charge in [0.1, 0.15) is 0 Å². The number of benzene rings is 1. The lowest BCUT2D eigenvalue weighted by atomic mass is 10.0. The lowest BCUT2D eigenvalue weighted by molar-refractivity contribution is -0.00905. The molecule has 0 bridgehead atoms. The number of hydrogen-bond acceptors (Lipinski definition) is 4. The van der Waals surface area contributed by atoms with Crippen molar-refractivity contribution in [2.45, 2.75) is 19.4 Å². The molecule has 2 heterocycles. The van der Waals surface area contributed by atoms with Gasteiger partial charge >= 0.3 is 6.03 Å². The van der Waals surface area contributed by atoms with Crippen LogP contribution in [0.25, 0.3) is 0 Å². The number of hydrogen-bond donors (Lipinski definition) is 1. The first-order valence-corrected chi connectivity index (χ1v) is 9.70. The Balaban J connectivity index is 1.46. The molecule has 26 heavy (non-hydrogen) atoms. The van der Waals surface area contributed by atoms with E-state index in [0.29, 0.717) is 6.54 Å². The molecular formula is C19H29ClN4O2. The third-order valence-electron chi connectivity index (χ3n) is 5.28. The van der Waals surface area contributed by atoms with Gasteiger partial charge in [0.25, 0.3) is 0 Å². The zero-order chi connectivity index (χ0) is 18.6. The number of nitrogens with zero attached hydrogens (tertiary/aromatic N) is 3. The van der Waals surface area contributed by atoms with E-state index in [1.54, 1.807) is 0 Å². The van der Waals surface area contributed by atoms with Gasteiger partial charge in [-0.25, -0.2) is 4.79 Å². The number of carbonyl (C=O) groups is 1. The van der Waals surface area contributed by atoms with E-state index in [4.69, 9.17) is 16.3 Å². The van der Waals surface area contributed by atoms with E-state index in [-0.39, 0.29) is 11.6 Å². The summed E-state index contributed by atoms with van der Waals surface area (Å²) in [7, 11) is 0. The van der Waals surface area contributed by atoms with E-state index in [1.807, 2.05) is 23.1 Å². The minimum atomic E-state index is -0.0674. The fraction of sp³-hybridized carbons (Fsp3) is 0.632. The predicted molar refractivity (Wildman–Crippen MR) is 105 cm³/mol. The maximum atomic E-state index is 12.6. The van der Waals surface area contributed by atoms with Crippen LogP contribution in [0.4, 0.5) is 10.5 Å². The number of nitrogens with one attached hydrogen (secondary N) is 1. The summed E-state index contributed by atoms with van der Waals surface area (Å²) >= 11 is 6.08. The van der Waals surface area contributed by atoms with Crippen LogP contribution in [0.5, 0.6) is 0 Å². The number of urea groups is 1. The highest BCUT2D eigenvalue weighted by Crippen LogP contribution is 2.21. The van der Waals surface area contributed by atoms with Gasteiger partial charge in [0.05, 0.1) is 13.2 Å². The highest BCUT2D eigenvalue weighted by atomic mass is 35.5. The molecule has 0 aliphatic carbocycles. The second kappa shape index (κ2) is 8.46. The molecule has 0 saturated carbocycles. The highest BCUT2D eigenvalue weighted by molar-refractivity contribution is 6.30. The van der Waals surface area contributed by atoms with Gasteiger partial charge in [-0.2, -0.15) is 0 Å². The molecule has 2 saturated heterocycles. The molecule has 7 heteroatoms. The van der Waals surface area contributed by atoms with E-state index in [1.165, 1.54) is 0 Å². The number of halogens is 1. The Hall–Kier alpha value is -1.50. The van der Waals surface area contributed by atoms with Gasteiger partial charge in [0, 0.05) is 62.1 Å². The smallest absolute Gasteiger partial charge is 0.317 e. The first kappa shape index (κ1) is 19.3. The SMILES string of the molecule is CC(C)(CNC(=O)N1CCN(c2cccc(Cl)c2)CC1)N1CCOCC1. The number of piperazine rings is 1. The molecule has 0 radical (unpaired) electrons. The lowest BCUT2D eigenvalue weighted by Crippen LogP contribution is -2.58. The van der Waals surface area contributed by atoms with Crippen molar-refractivity contribution in [2.75, 3.05) is 63.9 Å². The number of amides is 2. The predicted octanol–water partition coefficient (Wildman–Crippen LogP) is 2.28. The Bertz CT molecular complexity index is 611. The fourth-order valence-corrected chi connectivity index (χ4v) is 3.71. The Labute approximate surface area is 161 Å². The van der Waals surface area contributed by atoms with Crippen LogP contribution in [0.2, 0.25) is 5.02 Å². The van der Waals surface area contributed by atoms with E-state index in [0.717, 1.165) is 63.2 Å². The molecular weight excluding hydrogens is 352 g/mol. The van der Waals surface area contributed by atoms with Crippen molar-refractivity contribution in [2.24, 2.45) is 0 Å². The minimum absolute atomic E-state index is 0.0251. The molecule has 0 unspecified atom stereocenters. The van der Waals surface area contributed by atoms with E-state index in [2.05, 4.69) is 35.0 Å². The average molecular weight is 381 g/mol. The van der Waals surface area contributed by atoms with Crippen molar-refractivity contribution < 1.29 is 9.53 Å². The van der Waals surface area contributed by atoms with Gasteiger partial charge in [-0.15, -0.1) is 0 Å². The van der Waals surface area contributed by atoms with Crippen LogP contribution in [0.3, 0.4) is 0 Å². The fourth-order valence-electron chi connectivity index (χ4n) is 3.52. The topological polar surface area (TPSA) is 48.1 Å². The van der Waals surface area contributed by atoms with E-state index in [9.17, 15) is 4.79 Å². The van der Waals surface area contributed by atoms with E-state index >= 15 is 0 Å². The van der Waals surface area contributed by atoms with Crippen LogP contribution in [0.15, 0.2) is 24.3 Å². The molecule has 0 atom stereocenters. The molecule has 1 aromatic carbocycles. The summed E-state index contributed by atoms with van der Waals surface area (Å²) in [6.45, 7) is 11.4. The molecule has 144 valence electrons. The number of rotatable bonds is 4. The average Bonchev–Trinajstić information content (AvgIpc) is 2.67. The summed E-state index contributed by atoms with van der Waals surface area (Å²) in [5.74, 6) is 0. The zero-order valence-electron chi connectivity index (χ0n) is 15.7. The maximum Gasteiger partial charge on any atom is 0.317 e. The van der Waals surface area contributed by atoms with Gasteiger partial charge in [-0.05, 0) is 32.0 Å². The van der Waals surface area contributed by atoms with Crippen LogP contribution in [-0.2, 0) is 4.74 Å². The van der Waals surface area contributed by atoms with E-state index < -0.39 is 0 Å². The third kappa shape index (κ3) is 4.81. The second-order valence-electron chi connectivity index (χ2n) is 7.52. The van der Waals surface area contributed by atoms with Crippen LogP contribution in [0, 0.1) is 0 Å². The number of ether oxygens (including phenoxy) is 1. The van der Waals surface area contributed by atoms with Crippen LogP contribution in [0.1, 0.15) is 13.8 Å². The van der Waals surface area contributed by atoms with Crippen molar-refractivity contribution in [1.29, 1.82) is 0 Å². The first-order valence-electron chi connectivity index (χ1n) is 9.32. The molecule has 0 aromatic heterocycles. The van der Waals surface area contributed by atoms with Gasteiger partial charge in [-0.3, -0.25) is 4.90 Å². The molecule has 2 amide bonds. The third-order valence-corrected chi connectivity index (χ3v) is 5.51. The zero-order valence-corrected chi connectivity index (χ0v) is 16.5. The minimum Gasteiger partial charge on any atom is -0.379 e. The van der Waals surface area contributed by atoms with Crippen molar-refractivity contribution in [3.05, 3.63) is 29.3 Å². The number of anilines is 1. The summed E-state index contributed by atoms with van der Waals surface area (Å²) in [5.41, 5.74) is 1.05. The summed E-state index contributed by atoms with van der Waals surface area (Å²) in [5, 5.41) is 3.86. The summed E-state index contributed by atoms with van der Waals surface area (Å²) in [4.78, 5) is 19.1. The molecule has 2 fully saturated rings. The first-order chi connectivity index (χ1) is 12.5. The summed E-state index contributed by atoms with van der Waals surface area (Å²) in [6, 6.07) is 7.90. The Morgan fingerprint density at radius 3 is 2.50 bits per heavy atom. The maximum absolute atomic E-state index is 12.6. The number of morpholine rings is 1. The second-order valence-corrected chi connectivity index (χ2v) is 7.96. The van der Waals surface area contributed by atoms with Crippen molar-refractivity contribution in [3.63, 3.8) is 0 Å². The molecule has 2 aliphatic rings. The quantitative estimate of drug-likeness (QED) is 0.870. The Morgan fingerprint density at radius 2 is 1.85 bits per heavy atom. The highest BCUT2D eigenvalue weighted by Gasteiger charge is 2.30. The van der Waals surface area contributed by atoms with Crippen molar-refractivity contribution >= 4 is 23.3 Å². The summed E-state index contributed by atoms with van der Waals surface area (Å²) in [6.07, 6.45) is 0.